The van der Waals surface area contributed by atoms with Crippen LogP contribution in [0.5, 0.6) is 0 Å². The lowest BCUT2D eigenvalue weighted by molar-refractivity contribution is -0.122. The van der Waals surface area contributed by atoms with Crippen molar-refractivity contribution < 1.29 is 18.0 Å². The van der Waals surface area contributed by atoms with Crippen LogP contribution in [0.3, 0.4) is 0 Å². The summed E-state index contributed by atoms with van der Waals surface area (Å²) in [6, 6.07) is 14.8. The Balaban J connectivity index is 1.31. The number of rotatable bonds is 8. The van der Waals surface area contributed by atoms with Crippen molar-refractivity contribution >= 4 is 44.4 Å². The van der Waals surface area contributed by atoms with Crippen LogP contribution < -0.4 is 5.32 Å². The van der Waals surface area contributed by atoms with Gasteiger partial charge in [0.15, 0.2) is 15.0 Å². The lowest BCUT2D eigenvalue weighted by atomic mass is 10.1. The number of hydrogen-bond acceptors (Lipinski definition) is 6. The van der Waals surface area contributed by atoms with Crippen LogP contribution in [-0.2, 0) is 20.4 Å². The molecule has 1 aliphatic rings. The van der Waals surface area contributed by atoms with E-state index in [9.17, 15) is 18.0 Å². The first-order chi connectivity index (χ1) is 15.8. The van der Waals surface area contributed by atoms with Crippen LogP contribution in [0.1, 0.15) is 29.3 Å². The van der Waals surface area contributed by atoms with Crippen LogP contribution in [0.2, 0.25) is 0 Å². The summed E-state index contributed by atoms with van der Waals surface area (Å²) in [5.74, 6) is 0.189. The predicted molar refractivity (Wildman–Crippen MR) is 129 cm³/mol. The molecule has 2 amide bonds. The minimum absolute atomic E-state index is 0.0354. The normalized spacial score (nSPS) is 17.2. The first-order valence-electron chi connectivity index (χ1n) is 10.8. The van der Waals surface area contributed by atoms with E-state index in [4.69, 9.17) is 0 Å². The number of imidazole rings is 1. The molecule has 0 aliphatic carbocycles. The Kier molecular flexibility index (Phi) is 7.04. The predicted octanol–water partition coefficient (Wildman–Crippen LogP) is 2.62. The van der Waals surface area contributed by atoms with E-state index in [-0.39, 0.29) is 35.9 Å². The van der Waals surface area contributed by atoms with Gasteiger partial charge in [0.2, 0.25) is 5.91 Å². The minimum atomic E-state index is -3.07. The van der Waals surface area contributed by atoms with Gasteiger partial charge in [-0.25, -0.2) is 13.4 Å². The molecule has 2 N–H and O–H groups in total. The number of hydrogen-bond donors (Lipinski definition) is 2. The second-order valence-corrected chi connectivity index (χ2v) is 11.2. The van der Waals surface area contributed by atoms with Gasteiger partial charge in [-0.3, -0.25) is 9.59 Å². The number of fused-ring (bicyclic) bond motifs is 1. The number of para-hydroxylation sites is 2. The maximum Gasteiger partial charge on any atom is 0.254 e. The number of carbonyl (C=O) groups is 2. The number of nitrogens with zero attached hydrogens (tertiary/aromatic N) is 2. The molecule has 1 aromatic heterocycles. The van der Waals surface area contributed by atoms with Crippen LogP contribution in [0.25, 0.3) is 11.0 Å². The Labute approximate surface area is 197 Å². The van der Waals surface area contributed by atoms with Gasteiger partial charge in [0.25, 0.3) is 5.91 Å². The van der Waals surface area contributed by atoms with Gasteiger partial charge in [-0.05, 0) is 43.2 Å². The Morgan fingerprint density at radius 2 is 1.94 bits per heavy atom. The van der Waals surface area contributed by atoms with E-state index in [1.807, 2.05) is 43.3 Å². The summed E-state index contributed by atoms with van der Waals surface area (Å²) in [6.45, 7) is 2.08. The fourth-order valence-corrected chi connectivity index (χ4v) is 6.27. The molecular weight excluding hydrogens is 460 g/mol. The molecule has 2 aromatic carbocycles. The topological polar surface area (TPSA) is 112 Å². The molecule has 8 nitrogen and oxygen atoms in total. The first-order valence-corrected chi connectivity index (χ1v) is 13.6. The highest BCUT2D eigenvalue weighted by Gasteiger charge is 2.29. The SMILES string of the molecule is CCN(CC(=O)N[C@@H]1CCS(=O)(=O)C1)C(=O)c1ccc(CSc2nc3ccccc3[nH]2)cc1. The van der Waals surface area contributed by atoms with Crippen molar-refractivity contribution in [3.05, 3.63) is 59.7 Å². The van der Waals surface area contributed by atoms with Crippen LogP contribution >= 0.6 is 11.8 Å². The molecule has 4 rings (SSSR count). The molecule has 1 fully saturated rings. The molecular formula is C23H26N4O4S2. The van der Waals surface area contributed by atoms with E-state index < -0.39 is 9.84 Å². The average Bonchev–Trinajstić information content (AvgIpc) is 3.37. The fraction of sp³-hybridized carbons (Fsp3) is 0.348. The van der Waals surface area contributed by atoms with Crippen molar-refractivity contribution in [1.82, 2.24) is 20.2 Å². The quantitative estimate of drug-likeness (QED) is 0.474. The van der Waals surface area contributed by atoms with E-state index >= 15 is 0 Å². The zero-order valence-corrected chi connectivity index (χ0v) is 19.9. The highest BCUT2D eigenvalue weighted by molar-refractivity contribution is 7.98. The van der Waals surface area contributed by atoms with Crippen molar-refractivity contribution in [3.8, 4) is 0 Å². The Morgan fingerprint density at radius 1 is 1.18 bits per heavy atom. The highest BCUT2D eigenvalue weighted by Crippen LogP contribution is 2.23. The molecule has 0 bridgehead atoms. The van der Waals surface area contributed by atoms with E-state index in [2.05, 4.69) is 15.3 Å². The zero-order chi connectivity index (χ0) is 23.4. The number of H-pyrrole nitrogens is 1. The van der Waals surface area contributed by atoms with E-state index in [0.29, 0.717) is 24.3 Å². The lowest BCUT2D eigenvalue weighted by Gasteiger charge is -2.21. The van der Waals surface area contributed by atoms with Crippen molar-refractivity contribution in [2.45, 2.75) is 30.3 Å². The molecule has 0 spiro atoms. The molecule has 1 saturated heterocycles. The van der Waals surface area contributed by atoms with Gasteiger partial charge < -0.3 is 15.2 Å². The number of amides is 2. The van der Waals surface area contributed by atoms with Gasteiger partial charge in [-0.2, -0.15) is 0 Å². The minimum Gasteiger partial charge on any atom is -0.351 e. The first kappa shape index (κ1) is 23.3. The summed E-state index contributed by atoms with van der Waals surface area (Å²) in [5, 5.41) is 3.58. The Hall–Kier alpha value is -2.85. The lowest BCUT2D eigenvalue weighted by Crippen LogP contribution is -2.44. The van der Waals surface area contributed by atoms with Gasteiger partial charge in [-0.15, -0.1) is 0 Å². The number of nitrogens with one attached hydrogen (secondary N) is 2. The third kappa shape index (κ3) is 5.94. The summed E-state index contributed by atoms with van der Waals surface area (Å²) < 4.78 is 23.1. The molecule has 1 atom stereocenters. The second-order valence-electron chi connectivity index (χ2n) is 8.03. The molecule has 1 aliphatic heterocycles. The summed E-state index contributed by atoms with van der Waals surface area (Å²) >= 11 is 1.59. The number of aromatic nitrogens is 2. The van der Waals surface area contributed by atoms with E-state index in [0.717, 1.165) is 21.8 Å². The second kappa shape index (κ2) is 9.96. The monoisotopic (exact) mass is 486 g/mol. The highest BCUT2D eigenvalue weighted by atomic mass is 32.2. The summed E-state index contributed by atoms with van der Waals surface area (Å²) in [4.78, 5) is 34.5. The fourth-order valence-electron chi connectivity index (χ4n) is 3.76. The Bertz CT molecular complexity index is 1220. The molecule has 0 radical (unpaired) electrons. The van der Waals surface area contributed by atoms with Gasteiger partial charge in [-0.1, -0.05) is 36.0 Å². The van der Waals surface area contributed by atoms with Gasteiger partial charge >= 0.3 is 0 Å². The third-order valence-electron chi connectivity index (χ3n) is 5.55. The molecule has 33 heavy (non-hydrogen) atoms. The summed E-state index contributed by atoms with van der Waals surface area (Å²) in [7, 11) is -3.07. The summed E-state index contributed by atoms with van der Waals surface area (Å²) in [5.41, 5.74) is 3.49. The number of aromatic amines is 1. The zero-order valence-electron chi connectivity index (χ0n) is 18.3. The van der Waals surface area contributed by atoms with E-state index in [1.54, 1.807) is 23.9 Å². The molecule has 2 heterocycles. The standard InChI is InChI=1S/C23H26N4O4S2/c1-2-27(13-21(28)24-18-11-12-33(30,31)15-18)22(29)17-9-7-16(8-10-17)14-32-23-25-19-5-3-4-6-20(19)26-23/h3-10,18H,2,11-15H2,1H3,(H,24,28)(H,25,26)/t18-/m1/s1. The number of carbonyl (C=O) groups excluding carboxylic acids is 2. The number of thioether (sulfide) groups is 1. The van der Waals surface area contributed by atoms with E-state index in [1.165, 1.54) is 4.90 Å². The number of sulfone groups is 1. The third-order valence-corrected chi connectivity index (χ3v) is 8.26. The van der Waals surface area contributed by atoms with Gasteiger partial charge in [0, 0.05) is 23.9 Å². The Morgan fingerprint density at radius 3 is 2.61 bits per heavy atom. The van der Waals surface area contributed by atoms with Crippen LogP contribution in [0.15, 0.2) is 53.7 Å². The van der Waals surface area contributed by atoms with Crippen molar-refractivity contribution in [2.75, 3.05) is 24.6 Å². The van der Waals surface area contributed by atoms with Crippen molar-refractivity contribution in [1.29, 1.82) is 0 Å². The molecule has 0 saturated carbocycles. The maximum atomic E-state index is 12.9. The molecule has 3 aromatic rings. The summed E-state index contributed by atoms with van der Waals surface area (Å²) in [6.07, 6.45) is 0.418. The number of likely N-dealkylation sites (N-methyl/N-ethyl adjacent to an activating group) is 1. The van der Waals surface area contributed by atoms with Crippen molar-refractivity contribution in [3.63, 3.8) is 0 Å². The van der Waals surface area contributed by atoms with Crippen LogP contribution in [-0.4, -0.2) is 65.7 Å². The maximum absolute atomic E-state index is 12.9. The van der Waals surface area contributed by atoms with Crippen LogP contribution in [0, 0.1) is 0 Å². The van der Waals surface area contributed by atoms with Gasteiger partial charge in [0.1, 0.15) is 0 Å². The largest absolute Gasteiger partial charge is 0.351 e. The molecule has 174 valence electrons. The average molecular weight is 487 g/mol. The van der Waals surface area contributed by atoms with Crippen molar-refractivity contribution in [2.24, 2.45) is 0 Å². The molecule has 0 unspecified atom stereocenters. The number of benzene rings is 2. The smallest absolute Gasteiger partial charge is 0.254 e. The van der Waals surface area contributed by atoms with Crippen LogP contribution in [0.4, 0.5) is 0 Å². The van der Waals surface area contributed by atoms with Gasteiger partial charge in [0.05, 0.1) is 29.1 Å². The molecule has 10 heteroatoms.